The number of ether oxygens (including phenoxy) is 1. The number of amides is 1. The molecular formula is C35H44N2O5Si. The smallest absolute Gasteiger partial charge is 0.407 e. The van der Waals surface area contributed by atoms with Crippen LogP contribution in [-0.2, 0) is 10.8 Å². The maximum absolute atomic E-state index is 11.3. The van der Waals surface area contributed by atoms with E-state index in [0.29, 0.717) is 25.6 Å². The van der Waals surface area contributed by atoms with Crippen molar-refractivity contribution in [3.05, 3.63) is 84.1 Å². The minimum atomic E-state index is -2.11. The highest BCUT2D eigenvalue weighted by Crippen LogP contribution is 2.45. The molecule has 1 fully saturated rings. The number of aromatic nitrogens is 1. The summed E-state index contributed by atoms with van der Waals surface area (Å²) in [5.74, 6) is 1.26. The van der Waals surface area contributed by atoms with Crippen molar-refractivity contribution in [3.63, 3.8) is 0 Å². The molecule has 228 valence electrons. The van der Waals surface area contributed by atoms with Gasteiger partial charge >= 0.3 is 6.09 Å². The van der Waals surface area contributed by atoms with E-state index in [0.717, 1.165) is 60.1 Å². The van der Waals surface area contributed by atoms with E-state index in [1.807, 2.05) is 12.1 Å². The summed E-state index contributed by atoms with van der Waals surface area (Å²) in [5.41, 5.74) is 2.33. The molecular weight excluding hydrogens is 556 g/mol. The number of likely N-dealkylation sites (tertiary alicyclic amines) is 1. The number of fused-ring (bicyclic) bond motifs is 1. The molecule has 0 radical (unpaired) electrons. The van der Waals surface area contributed by atoms with E-state index >= 15 is 0 Å². The summed E-state index contributed by atoms with van der Waals surface area (Å²) in [6, 6.07) is 25.2. The van der Waals surface area contributed by atoms with Crippen molar-refractivity contribution >= 4 is 36.5 Å². The Morgan fingerprint density at radius 3 is 2.21 bits per heavy atom. The number of rotatable bonds is 11. The zero-order valence-electron chi connectivity index (χ0n) is 25.8. The van der Waals surface area contributed by atoms with Gasteiger partial charge in [-0.1, -0.05) is 93.5 Å². The molecule has 2 heterocycles. The van der Waals surface area contributed by atoms with E-state index in [4.69, 9.17) is 13.7 Å². The number of hydrogen-bond acceptors (Lipinski definition) is 5. The van der Waals surface area contributed by atoms with Crippen molar-refractivity contribution in [2.75, 3.05) is 19.7 Å². The molecule has 1 N–H and O–H groups in total. The van der Waals surface area contributed by atoms with Crippen molar-refractivity contribution in [1.82, 2.24) is 10.1 Å². The maximum Gasteiger partial charge on any atom is 0.407 e. The summed E-state index contributed by atoms with van der Waals surface area (Å²) in [5, 5.41) is 17.3. The minimum Gasteiger partial charge on any atom is -0.493 e. The first-order valence-electron chi connectivity index (χ1n) is 15.5. The molecule has 0 aliphatic carbocycles. The van der Waals surface area contributed by atoms with Crippen LogP contribution in [0.15, 0.2) is 77.3 Å². The Labute approximate surface area is 256 Å². The van der Waals surface area contributed by atoms with E-state index in [1.165, 1.54) is 15.3 Å². The Bertz CT molecular complexity index is 1440. The molecule has 8 heteroatoms. The fourth-order valence-electron chi connectivity index (χ4n) is 6.02. The van der Waals surface area contributed by atoms with Crippen LogP contribution in [0, 0.1) is 11.3 Å². The van der Waals surface area contributed by atoms with Crippen LogP contribution in [0.1, 0.15) is 70.7 Å². The molecule has 3 aromatic carbocycles. The van der Waals surface area contributed by atoms with Crippen LogP contribution in [0.25, 0.3) is 11.0 Å². The van der Waals surface area contributed by atoms with Gasteiger partial charge in [-0.15, -0.1) is 0 Å². The second-order valence-electron chi connectivity index (χ2n) is 12.7. The van der Waals surface area contributed by atoms with E-state index in [1.54, 1.807) is 0 Å². The molecule has 1 unspecified atom stereocenters. The lowest BCUT2D eigenvalue weighted by atomic mass is 9.83. The number of carbonyl (C=O) groups is 1. The van der Waals surface area contributed by atoms with E-state index in [9.17, 15) is 9.90 Å². The van der Waals surface area contributed by atoms with Crippen LogP contribution in [0.4, 0.5) is 4.79 Å². The number of benzene rings is 3. The van der Waals surface area contributed by atoms with Crippen molar-refractivity contribution < 1.29 is 23.6 Å². The lowest BCUT2D eigenvalue weighted by molar-refractivity contribution is 0.0863. The van der Waals surface area contributed by atoms with Crippen molar-refractivity contribution in [3.8, 4) is 5.75 Å². The summed E-state index contributed by atoms with van der Waals surface area (Å²) in [6.07, 6.45) is 3.27. The molecule has 0 spiro atoms. The van der Waals surface area contributed by atoms with Crippen LogP contribution < -0.4 is 15.1 Å². The Kier molecular flexibility index (Phi) is 9.88. The molecule has 1 aliphatic rings. The molecule has 4 aromatic rings. The van der Waals surface area contributed by atoms with Gasteiger partial charge in [0.05, 0.1) is 24.0 Å². The normalized spacial score (nSPS) is 15.2. The summed E-state index contributed by atoms with van der Waals surface area (Å²) in [6.45, 7) is 10.5. The number of carboxylic acid groups (broad SMARTS) is 1. The highest BCUT2D eigenvalue weighted by atomic mass is 28.3. The molecule has 0 saturated carbocycles. The highest BCUT2D eigenvalue weighted by Gasteiger charge is 2.37. The quantitative estimate of drug-likeness (QED) is 0.196. The lowest BCUT2D eigenvalue weighted by Crippen LogP contribution is -2.47. The van der Waals surface area contributed by atoms with Gasteiger partial charge in [0, 0.05) is 18.5 Å². The average Bonchev–Trinajstić information content (AvgIpc) is 3.43. The molecule has 1 aliphatic heterocycles. The monoisotopic (exact) mass is 600 g/mol. The minimum absolute atomic E-state index is 0.265. The third kappa shape index (κ3) is 7.31. The van der Waals surface area contributed by atoms with Crippen molar-refractivity contribution in [2.45, 2.75) is 65.9 Å². The van der Waals surface area contributed by atoms with Crippen molar-refractivity contribution in [2.24, 2.45) is 11.3 Å². The van der Waals surface area contributed by atoms with Gasteiger partial charge in [0.1, 0.15) is 5.75 Å². The van der Waals surface area contributed by atoms with Crippen LogP contribution in [0.3, 0.4) is 0 Å². The number of hydrogen-bond donors (Lipinski definition) is 1. The van der Waals surface area contributed by atoms with Gasteiger partial charge in [0.25, 0.3) is 0 Å². The van der Waals surface area contributed by atoms with Crippen LogP contribution in [-0.4, -0.2) is 50.0 Å². The van der Waals surface area contributed by atoms with Crippen LogP contribution in [0.2, 0.25) is 0 Å². The van der Waals surface area contributed by atoms with Gasteiger partial charge in [-0.25, -0.2) is 4.79 Å². The topological polar surface area (TPSA) is 85.0 Å². The van der Waals surface area contributed by atoms with Gasteiger partial charge in [0.2, 0.25) is 9.04 Å². The third-order valence-electron chi connectivity index (χ3n) is 8.38. The highest BCUT2D eigenvalue weighted by molar-refractivity contribution is 6.80. The molecule has 1 atom stereocenters. The maximum atomic E-state index is 11.3. The summed E-state index contributed by atoms with van der Waals surface area (Å²) < 4.78 is 19.8. The Morgan fingerprint density at radius 1 is 1.02 bits per heavy atom. The summed E-state index contributed by atoms with van der Waals surface area (Å²) in [4.78, 5) is 12.8. The Morgan fingerprint density at radius 2 is 1.65 bits per heavy atom. The average molecular weight is 601 g/mol. The van der Waals surface area contributed by atoms with Gasteiger partial charge in [-0.3, -0.25) is 0 Å². The second kappa shape index (κ2) is 13.8. The number of piperidine rings is 1. The summed E-state index contributed by atoms with van der Waals surface area (Å²) in [7, 11) is -2.11. The molecule has 1 saturated heterocycles. The Balaban J connectivity index is 1.50. The SMILES string of the molecule is CCCOc1ccc2c(CCC3CCN(C(=O)O)CC3)noc2c1C(O[SiH](c1ccccc1)c1ccccc1)C(C)(C)C. The molecule has 7 nitrogen and oxygen atoms in total. The first kappa shape index (κ1) is 30.8. The fraction of sp³-hybridized carbons (Fsp3) is 0.429. The molecule has 1 amide bonds. The first-order chi connectivity index (χ1) is 20.8. The van der Waals surface area contributed by atoms with Gasteiger partial charge in [-0.05, 0) is 65.9 Å². The molecule has 0 bridgehead atoms. The fourth-order valence-corrected chi connectivity index (χ4v) is 8.68. The predicted molar refractivity (Wildman–Crippen MR) is 173 cm³/mol. The zero-order valence-corrected chi connectivity index (χ0v) is 26.9. The van der Waals surface area contributed by atoms with Gasteiger partial charge < -0.3 is 23.7 Å². The zero-order chi connectivity index (χ0) is 30.4. The number of nitrogens with zero attached hydrogens (tertiary/aromatic N) is 2. The van der Waals surface area contributed by atoms with Gasteiger partial charge in [0.15, 0.2) is 5.58 Å². The predicted octanol–water partition coefficient (Wildman–Crippen LogP) is 6.58. The summed E-state index contributed by atoms with van der Waals surface area (Å²) >= 11 is 0. The van der Waals surface area contributed by atoms with Crippen molar-refractivity contribution in [1.29, 1.82) is 0 Å². The lowest BCUT2D eigenvalue weighted by Gasteiger charge is -2.35. The molecule has 5 rings (SSSR count). The van der Waals surface area contributed by atoms with E-state index in [2.05, 4.69) is 93.5 Å². The first-order valence-corrected chi connectivity index (χ1v) is 17.2. The standard InChI is InChI=1S/C35H44N2O5Si/c1-5-24-40-30-19-17-28-29(18-16-25-20-22-37(23-21-25)34(38)39)36-41-32(28)31(30)33(35(2,3)4)42-43(26-12-8-6-9-13-26)27-14-10-7-11-15-27/h6-15,17,19,25,33,43H,5,16,18,20-24H2,1-4H3,(H,38,39). The number of aryl methyl sites for hydroxylation is 1. The molecule has 1 aromatic heterocycles. The largest absolute Gasteiger partial charge is 0.493 e. The van der Waals surface area contributed by atoms with E-state index in [-0.39, 0.29) is 11.5 Å². The Hall–Kier alpha value is -3.62. The molecule has 43 heavy (non-hydrogen) atoms. The van der Waals surface area contributed by atoms with Crippen LogP contribution in [0.5, 0.6) is 5.75 Å². The van der Waals surface area contributed by atoms with E-state index < -0.39 is 15.1 Å². The van der Waals surface area contributed by atoms with Crippen LogP contribution >= 0.6 is 0 Å². The third-order valence-corrected chi connectivity index (χ3v) is 10.9. The van der Waals surface area contributed by atoms with Gasteiger partial charge in [-0.2, -0.15) is 0 Å². The second-order valence-corrected chi connectivity index (χ2v) is 15.0.